The number of carbonyl (C=O) groups excluding carboxylic acids is 1. The second kappa shape index (κ2) is 6.23. The first-order chi connectivity index (χ1) is 8.08. The summed E-state index contributed by atoms with van der Waals surface area (Å²) in [6.45, 7) is 6.49. The molecule has 0 saturated carbocycles. The van der Waals surface area contributed by atoms with E-state index in [-0.39, 0.29) is 0 Å². The molecule has 0 aromatic carbocycles. The standard InChI is InChI=1S/C13H20N2O2/c1-5-9(2)10(3)15-11-6-7-14-12(8-11)13(16)17-4/h6-10H,5H2,1-4H3,(H,14,15). The molecule has 4 heteroatoms. The van der Waals surface area contributed by atoms with Crippen molar-refractivity contribution in [3.8, 4) is 0 Å². The third kappa shape index (κ3) is 3.73. The second-order valence-corrected chi connectivity index (χ2v) is 4.24. The molecule has 0 aliphatic rings. The van der Waals surface area contributed by atoms with Gasteiger partial charge in [0.2, 0.25) is 0 Å². The van der Waals surface area contributed by atoms with Crippen LogP contribution in [-0.4, -0.2) is 24.1 Å². The van der Waals surface area contributed by atoms with E-state index in [1.54, 1.807) is 12.3 Å². The van der Waals surface area contributed by atoms with Crippen molar-refractivity contribution in [3.63, 3.8) is 0 Å². The van der Waals surface area contributed by atoms with Gasteiger partial charge in [-0.25, -0.2) is 9.78 Å². The predicted molar refractivity (Wildman–Crippen MR) is 68.1 cm³/mol. The van der Waals surface area contributed by atoms with Gasteiger partial charge in [0.25, 0.3) is 0 Å². The van der Waals surface area contributed by atoms with Gasteiger partial charge in [-0.2, -0.15) is 0 Å². The van der Waals surface area contributed by atoms with Crippen LogP contribution in [0.3, 0.4) is 0 Å². The number of anilines is 1. The van der Waals surface area contributed by atoms with Gasteiger partial charge in [0.15, 0.2) is 0 Å². The van der Waals surface area contributed by atoms with Crippen molar-refractivity contribution >= 4 is 11.7 Å². The van der Waals surface area contributed by atoms with Crippen LogP contribution in [0.15, 0.2) is 18.3 Å². The quantitative estimate of drug-likeness (QED) is 0.799. The van der Waals surface area contributed by atoms with Crippen LogP contribution in [0.1, 0.15) is 37.7 Å². The Kier molecular flexibility index (Phi) is 4.94. The number of nitrogens with one attached hydrogen (secondary N) is 1. The summed E-state index contributed by atoms with van der Waals surface area (Å²) in [5.74, 6) is 0.162. The third-order valence-corrected chi connectivity index (χ3v) is 3.05. The summed E-state index contributed by atoms with van der Waals surface area (Å²) in [5.41, 5.74) is 1.22. The first kappa shape index (κ1) is 13.5. The van der Waals surface area contributed by atoms with E-state index in [9.17, 15) is 4.79 Å². The van der Waals surface area contributed by atoms with Gasteiger partial charge in [0.05, 0.1) is 7.11 Å². The van der Waals surface area contributed by atoms with E-state index in [4.69, 9.17) is 0 Å². The van der Waals surface area contributed by atoms with Crippen molar-refractivity contribution in [3.05, 3.63) is 24.0 Å². The fourth-order valence-electron chi connectivity index (χ4n) is 1.50. The molecule has 2 atom stereocenters. The normalized spacial score (nSPS) is 13.9. The zero-order chi connectivity index (χ0) is 12.8. The zero-order valence-electron chi connectivity index (χ0n) is 10.9. The first-order valence-electron chi connectivity index (χ1n) is 5.89. The molecule has 1 heterocycles. The number of nitrogens with zero attached hydrogens (tertiary/aromatic N) is 1. The van der Waals surface area contributed by atoms with Crippen molar-refractivity contribution in [2.45, 2.75) is 33.2 Å². The lowest BCUT2D eigenvalue weighted by Gasteiger charge is -2.21. The fourth-order valence-corrected chi connectivity index (χ4v) is 1.50. The maximum Gasteiger partial charge on any atom is 0.356 e. The molecule has 94 valence electrons. The van der Waals surface area contributed by atoms with Gasteiger partial charge in [-0.3, -0.25) is 0 Å². The summed E-state index contributed by atoms with van der Waals surface area (Å²) in [7, 11) is 1.35. The number of ether oxygens (including phenoxy) is 1. The average Bonchev–Trinajstić information content (AvgIpc) is 2.37. The Morgan fingerprint density at radius 1 is 1.53 bits per heavy atom. The van der Waals surface area contributed by atoms with E-state index in [0.29, 0.717) is 17.7 Å². The van der Waals surface area contributed by atoms with Gasteiger partial charge >= 0.3 is 5.97 Å². The predicted octanol–water partition coefficient (Wildman–Crippen LogP) is 2.71. The number of aromatic nitrogens is 1. The molecular formula is C13H20N2O2. The van der Waals surface area contributed by atoms with Crippen molar-refractivity contribution < 1.29 is 9.53 Å². The fraction of sp³-hybridized carbons (Fsp3) is 0.538. The average molecular weight is 236 g/mol. The Balaban J connectivity index is 2.75. The highest BCUT2D eigenvalue weighted by molar-refractivity contribution is 5.88. The lowest BCUT2D eigenvalue weighted by Crippen LogP contribution is -2.23. The Bertz CT molecular complexity index is 379. The molecule has 0 fully saturated rings. The number of esters is 1. The molecule has 0 aliphatic heterocycles. The Labute approximate surface area is 102 Å². The Hall–Kier alpha value is -1.58. The minimum Gasteiger partial charge on any atom is -0.464 e. The summed E-state index contributed by atoms with van der Waals surface area (Å²) in [6.07, 6.45) is 2.72. The Morgan fingerprint density at radius 2 is 2.24 bits per heavy atom. The molecule has 0 amide bonds. The van der Waals surface area contributed by atoms with Gasteiger partial charge in [0, 0.05) is 17.9 Å². The van der Waals surface area contributed by atoms with E-state index in [1.165, 1.54) is 7.11 Å². The minimum absolute atomic E-state index is 0.328. The van der Waals surface area contributed by atoms with Crippen LogP contribution in [0.2, 0.25) is 0 Å². The molecule has 0 radical (unpaired) electrons. The summed E-state index contributed by atoms with van der Waals surface area (Å²) in [5, 5.41) is 3.36. The topological polar surface area (TPSA) is 51.2 Å². The zero-order valence-corrected chi connectivity index (χ0v) is 10.9. The molecule has 0 bridgehead atoms. The highest BCUT2D eigenvalue weighted by atomic mass is 16.5. The number of pyridine rings is 1. The van der Waals surface area contributed by atoms with Crippen LogP contribution < -0.4 is 5.32 Å². The van der Waals surface area contributed by atoms with E-state index >= 15 is 0 Å². The van der Waals surface area contributed by atoms with Crippen LogP contribution in [-0.2, 0) is 4.74 Å². The molecule has 2 unspecified atom stereocenters. The molecule has 1 N–H and O–H groups in total. The minimum atomic E-state index is -0.412. The SMILES string of the molecule is CCC(C)C(C)Nc1ccnc(C(=O)OC)c1. The van der Waals surface area contributed by atoms with E-state index in [1.807, 2.05) is 6.07 Å². The maximum absolute atomic E-state index is 11.3. The van der Waals surface area contributed by atoms with Gasteiger partial charge < -0.3 is 10.1 Å². The lowest BCUT2D eigenvalue weighted by molar-refractivity contribution is 0.0594. The maximum atomic E-state index is 11.3. The van der Waals surface area contributed by atoms with Gasteiger partial charge in [-0.15, -0.1) is 0 Å². The molecule has 0 spiro atoms. The second-order valence-electron chi connectivity index (χ2n) is 4.24. The summed E-state index contributed by atoms with van der Waals surface area (Å²) < 4.78 is 4.64. The summed E-state index contributed by atoms with van der Waals surface area (Å²) >= 11 is 0. The van der Waals surface area contributed by atoms with Crippen LogP contribution in [0.5, 0.6) is 0 Å². The molecule has 1 rings (SSSR count). The molecule has 0 aliphatic carbocycles. The Morgan fingerprint density at radius 3 is 2.82 bits per heavy atom. The number of rotatable bonds is 5. The van der Waals surface area contributed by atoms with Gasteiger partial charge in [-0.1, -0.05) is 20.3 Å². The van der Waals surface area contributed by atoms with Gasteiger partial charge in [-0.05, 0) is 25.0 Å². The smallest absolute Gasteiger partial charge is 0.356 e. The highest BCUT2D eigenvalue weighted by Crippen LogP contribution is 2.15. The molecule has 1 aromatic rings. The summed E-state index contributed by atoms with van der Waals surface area (Å²) in [6, 6.07) is 3.92. The van der Waals surface area contributed by atoms with Crippen molar-refractivity contribution in [1.29, 1.82) is 0 Å². The van der Waals surface area contributed by atoms with E-state index in [2.05, 4.69) is 35.8 Å². The molecule has 4 nitrogen and oxygen atoms in total. The number of methoxy groups -OCH3 is 1. The van der Waals surface area contributed by atoms with Crippen molar-refractivity contribution in [2.24, 2.45) is 5.92 Å². The van der Waals surface area contributed by atoms with Crippen molar-refractivity contribution in [1.82, 2.24) is 4.98 Å². The summed E-state index contributed by atoms with van der Waals surface area (Å²) in [4.78, 5) is 15.3. The number of hydrogen-bond acceptors (Lipinski definition) is 4. The van der Waals surface area contributed by atoms with Crippen LogP contribution in [0.4, 0.5) is 5.69 Å². The number of carbonyl (C=O) groups is 1. The molecular weight excluding hydrogens is 216 g/mol. The molecule has 17 heavy (non-hydrogen) atoms. The van der Waals surface area contributed by atoms with E-state index in [0.717, 1.165) is 12.1 Å². The van der Waals surface area contributed by atoms with Crippen molar-refractivity contribution in [2.75, 3.05) is 12.4 Å². The van der Waals surface area contributed by atoms with E-state index < -0.39 is 5.97 Å². The first-order valence-corrected chi connectivity index (χ1v) is 5.89. The van der Waals surface area contributed by atoms with Crippen LogP contribution in [0.25, 0.3) is 0 Å². The molecule has 1 aromatic heterocycles. The monoisotopic (exact) mass is 236 g/mol. The van der Waals surface area contributed by atoms with Crippen LogP contribution in [0, 0.1) is 5.92 Å². The molecule has 0 saturated heterocycles. The lowest BCUT2D eigenvalue weighted by atomic mass is 10.0. The van der Waals surface area contributed by atoms with Gasteiger partial charge in [0.1, 0.15) is 5.69 Å². The highest BCUT2D eigenvalue weighted by Gasteiger charge is 2.12. The largest absolute Gasteiger partial charge is 0.464 e. The number of hydrogen-bond donors (Lipinski definition) is 1. The van der Waals surface area contributed by atoms with Crippen LogP contribution >= 0.6 is 0 Å². The third-order valence-electron chi connectivity index (χ3n) is 3.05.